The second kappa shape index (κ2) is 6.74. The lowest BCUT2D eigenvalue weighted by molar-refractivity contribution is -0.125. The molecule has 1 aromatic heterocycles. The van der Waals surface area contributed by atoms with Crippen LogP contribution in [0.1, 0.15) is 11.4 Å². The van der Waals surface area contributed by atoms with Gasteiger partial charge in [-0.15, -0.1) is 5.10 Å². The van der Waals surface area contributed by atoms with Gasteiger partial charge in [-0.2, -0.15) is 16.4 Å². The number of benzene rings is 1. The first kappa shape index (κ1) is 14.8. The lowest BCUT2D eigenvalue weighted by Crippen LogP contribution is -2.39. The van der Waals surface area contributed by atoms with Gasteiger partial charge in [0, 0.05) is 24.6 Å². The molecular formula is C15H17N5OS. The monoisotopic (exact) mass is 315 g/mol. The minimum Gasteiger partial charge on any atom is -0.336 e. The zero-order valence-corrected chi connectivity index (χ0v) is 13.2. The lowest BCUT2D eigenvalue weighted by atomic mass is 10.2. The summed E-state index contributed by atoms with van der Waals surface area (Å²) < 4.78 is 1.51. The molecule has 6 nitrogen and oxygen atoms in total. The summed E-state index contributed by atoms with van der Waals surface area (Å²) in [5, 5.41) is 11.5. The molecule has 1 saturated heterocycles. The van der Waals surface area contributed by atoms with Crippen LogP contribution in [-0.2, 0) is 4.79 Å². The van der Waals surface area contributed by atoms with Crippen LogP contribution in [0, 0.1) is 6.92 Å². The van der Waals surface area contributed by atoms with E-state index >= 15 is 0 Å². The van der Waals surface area contributed by atoms with Gasteiger partial charge in [-0.05, 0) is 29.0 Å². The Bertz CT molecular complexity index is 676. The Labute approximate surface area is 133 Å². The van der Waals surface area contributed by atoms with Gasteiger partial charge in [0.2, 0.25) is 0 Å². The molecule has 3 rings (SSSR count). The van der Waals surface area contributed by atoms with Gasteiger partial charge in [0.1, 0.15) is 5.70 Å². The van der Waals surface area contributed by atoms with Crippen molar-refractivity contribution in [3.8, 4) is 0 Å². The van der Waals surface area contributed by atoms with Crippen molar-refractivity contribution in [2.45, 2.75) is 6.92 Å². The van der Waals surface area contributed by atoms with Crippen molar-refractivity contribution in [2.75, 3.05) is 24.6 Å². The Hall–Kier alpha value is -2.15. The summed E-state index contributed by atoms with van der Waals surface area (Å²) in [7, 11) is 0. The van der Waals surface area contributed by atoms with Gasteiger partial charge >= 0.3 is 0 Å². The maximum absolute atomic E-state index is 12.9. The number of hydrogen-bond acceptors (Lipinski definition) is 5. The SMILES string of the molecule is Cc1nnnn1C(=Cc1ccccc1)C(=O)N1CCSCC1. The Morgan fingerprint density at radius 2 is 1.95 bits per heavy atom. The number of thioether (sulfide) groups is 1. The molecule has 22 heavy (non-hydrogen) atoms. The van der Waals surface area contributed by atoms with Gasteiger partial charge in [0.05, 0.1) is 0 Å². The number of aryl methyl sites for hydroxylation is 1. The maximum Gasteiger partial charge on any atom is 0.272 e. The van der Waals surface area contributed by atoms with Crippen molar-refractivity contribution < 1.29 is 4.79 Å². The molecular weight excluding hydrogens is 298 g/mol. The minimum atomic E-state index is -0.0282. The van der Waals surface area contributed by atoms with E-state index in [-0.39, 0.29) is 5.91 Å². The van der Waals surface area contributed by atoms with Crippen molar-refractivity contribution in [3.63, 3.8) is 0 Å². The molecule has 0 N–H and O–H groups in total. The third kappa shape index (κ3) is 3.19. The minimum absolute atomic E-state index is 0.0282. The summed E-state index contributed by atoms with van der Waals surface area (Å²) in [6.07, 6.45) is 1.84. The summed E-state index contributed by atoms with van der Waals surface area (Å²) in [6, 6.07) is 9.75. The van der Waals surface area contributed by atoms with Crippen LogP contribution in [0.15, 0.2) is 30.3 Å². The first-order chi connectivity index (χ1) is 10.8. The summed E-state index contributed by atoms with van der Waals surface area (Å²) in [6.45, 7) is 3.31. The van der Waals surface area contributed by atoms with E-state index in [2.05, 4.69) is 15.5 Å². The average molecular weight is 315 g/mol. The first-order valence-corrected chi connectivity index (χ1v) is 8.30. The molecule has 1 fully saturated rings. The number of rotatable bonds is 3. The van der Waals surface area contributed by atoms with Crippen LogP contribution in [0.3, 0.4) is 0 Å². The van der Waals surface area contributed by atoms with E-state index in [0.29, 0.717) is 11.5 Å². The number of hydrogen-bond donors (Lipinski definition) is 0. The number of aromatic nitrogens is 4. The van der Waals surface area contributed by atoms with Crippen molar-refractivity contribution in [2.24, 2.45) is 0 Å². The second-order valence-electron chi connectivity index (χ2n) is 4.98. The Kier molecular flexibility index (Phi) is 4.53. The summed E-state index contributed by atoms with van der Waals surface area (Å²) >= 11 is 1.87. The molecule has 2 aromatic rings. The van der Waals surface area contributed by atoms with Crippen LogP contribution >= 0.6 is 11.8 Å². The summed E-state index contributed by atoms with van der Waals surface area (Å²) in [5.74, 6) is 2.51. The molecule has 1 aromatic carbocycles. The van der Waals surface area contributed by atoms with E-state index in [1.165, 1.54) is 4.68 Å². The van der Waals surface area contributed by atoms with E-state index in [1.54, 1.807) is 6.92 Å². The molecule has 0 saturated carbocycles. The molecule has 1 aliphatic rings. The highest BCUT2D eigenvalue weighted by molar-refractivity contribution is 7.99. The van der Waals surface area contributed by atoms with E-state index < -0.39 is 0 Å². The van der Waals surface area contributed by atoms with E-state index in [4.69, 9.17) is 0 Å². The van der Waals surface area contributed by atoms with Gasteiger partial charge in [-0.3, -0.25) is 4.79 Å². The number of carbonyl (C=O) groups is 1. The van der Waals surface area contributed by atoms with Crippen LogP contribution in [0.2, 0.25) is 0 Å². The highest BCUT2D eigenvalue weighted by atomic mass is 32.2. The predicted octanol–water partition coefficient (Wildman–Crippen LogP) is 1.56. The second-order valence-corrected chi connectivity index (χ2v) is 6.21. The summed E-state index contributed by atoms with van der Waals surface area (Å²) in [5.41, 5.74) is 1.44. The Balaban J connectivity index is 1.98. The number of tetrazole rings is 1. The molecule has 1 amide bonds. The molecule has 0 bridgehead atoms. The fraction of sp³-hybridized carbons (Fsp3) is 0.333. The van der Waals surface area contributed by atoms with Crippen molar-refractivity contribution >= 4 is 29.4 Å². The topological polar surface area (TPSA) is 63.9 Å². The Morgan fingerprint density at radius 1 is 1.23 bits per heavy atom. The summed E-state index contributed by atoms with van der Waals surface area (Å²) in [4.78, 5) is 14.8. The molecule has 1 aliphatic heterocycles. The third-order valence-electron chi connectivity index (χ3n) is 3.47. The van der Waals surface area contributed by atoms with E-state index in [1.807, 2.05) is 53.1 Å². The van der Waals surface area contributed by atoms with E-state index in [0.717, 1.165) is 30.2 Å². The van der Waals surface area contributed by atoms with Crippen LogP contribution in [-0.4, -0.2) is 55.6 Å². The van der Waals surface area contributed by atoms with Crippen molar-refractivity contribution in [3.05, 3.63) is 41.7 Å². The van der Waals surface area contributed by atoms with Crippen molar-refractivity contribution in [1.29, 1.82) is 0 Å². The molecule has 0 radical (unpaired) electrons. The van der Waals surface area contributed by atoms with Crippen LogP contribution in [0.5, 0.6) is 0 Å². The van der Waals surface area contributed by atoms with Gasteiger partial charge in [0.15, 0.2) is 5.82 Å². The molecule has 7 heteroatoms. The normalized spacial score (nSPS) is 15.9. The molecule has 0 spiro atoms. The third-order valence-corrected chi connectivity index (χ3v) is 4.42. The van der Waals surface area contributed by atoms with E-state index in [9.17, 15) is 4.79 Å². The quantitative estimate of drug-likeness (QED) is 0.804. The largest absolute Gasteiger partial charge is 0.336 e. The highest BCUT2D eigenvalue weighted by Crippen LogP contribution is 2.18. The standard InChI is InChI=1S/C15H17N5OS/c1-12-16-17-18-20(12)14(11-13-5-3-2-4-6-13)15(21)19-7-9-22-10-8-19/h2-6,11H,7-10H2,1H3. The maximum atomic E-state index is 12.9. The molecule has 0 atom stereocenters. The zero-order valence-electron chi connectivity index (χ0n) is 12.3. The predicted molar refractivity (Wildman–Crippen MR) is 87.1 cm³/mol. The Morgan fingerprint density at radius 3 is 2.59 bits per heavy atom. The van der Waals surface area contributed by atoms with Gasteiger partial charge in [-0.1, -0.05) is 30.3 Å². The zero-order chi connectivity index (χ0) is 15.4. The molecule has 0 unspecified atom stereocenters. The first-order valence-electron chi connectivity index (χ1n) is 7.15. The fourth-order valence-electron chi connectivity index (χ4n) is 2.30. The van der Waals surface area contributed by atoms with Gasteiger partial charge < -0.3 is 4.90 Å². The van der Waals surface area contributed by atoms with Crippen LogP contribution in [0.25, 0.3) is 11.8 Å². The fourth-order valence-corrected chi connectivity index (χ4v) is 3.21. The van der Waals surface area contributed by atoms with Gasteiger partial charge in [-0.25, -0.2) is 0 Å². The smallest absolute Gasteiger partial charge is 0.272 e. The number of amides is 1. The highest BCUT2D eigenvalue weighted by Gasteiger charge is 2.23. The number of carbonyl (C=O) groups excluding carboxylic acids is 1. The van der Waals surface area contributed by atoms with Crippen molar-refractivity contribution in [1.82, 2.24) is 25.1 Å². The average Bonchev–Trinajstić information content (AvgIpc) is 3.00. The van der Waals surface area contributed by atoms with Crippen LogP contribution < -0.4 is 0 Å². The molecule has 2 heterocycles. The molecule has 0 aliphatic carbocycles. The number of nitrogens with zero attached hydrogens (tertiary/aromatic N) is 5. The van der Waals surface area contributed by atoms with Gasteiger partial charge in [0.25, 0.3) is 5.91 Å². The lowest BCUT2D eigenvalue weighted by Gasteiger charge is -2.27. The van der Waals surface area contributed by atoms with Crippen LogP contribution in [0.4, 0.5) is 0 Å². The molecule has 114 valence electrons.